The molecule has 4 heterocycles. The monoisotopic (exact) mass is 517 g/mol. The van der Waals surface area contributed by atoms with E-state index in [0.29, 0.717) is 30.7 Å². The van der Waals surface area contributed by atoms with Crippen LogP contribution in [-0.2, 0) is 19.5 Å². The van der Waals surface area contributed by atoms with E-state index in [-0.39, 0.29) is 23.1 Å². The lowest BCUT2D eigenvalue weighted by molar-refractivity contribution is 0.102. The van der Waals surface area contributed by atoms with E-state index in [2.05, 4.69) is 20.4 Å². The maximum absolute atomic E-state index is 13.1. The first-order valence-electron chi connectivity index (χ1n) is 11.9. The van der Waals surface area contributed by atoms with Gasteiger partial charge in [-0.05, 0) is 50.6 Å². The molecule has 0 spiro atoms. The van der Waals surface area contributed by atoms with Crippen molar-refractivity contribution in [2.45, 2.75) is 40.3 Å². The standard InChI is InChI=1S/C26H27N7O3S/c1-5-32-14-27-26(31-32)30-24(35)17-13-18-23(29-25(17)36-4)28-21(33(18)6-2)12-16-8-7-9-19(34)22(16)20-11-10-15(3)37-20/h7-11,13-14,34H,5-6,12H2,1-4H3,(H,30,31,35). The van der Waals surface area contributed by atoms with Crippen LogP contribution in [0.5, 0.6) is 11.6 Å². The number of carbonyl (C=O) groups excluding carboxylic acids is 1. The molecule has 0 aliphatic carbocycles. The number of anilines is 1. The SMILES string of the molecule is CCn1cnc(NC(=O)c2cc3c(nc2OC)nc(Cc2cccc(O)c2-c2ccc(C)s2)n3CC)n1. The quantitative estimate of drug-likeness (QED) is 0.307. The number of phenols is 1. The summed E-state index contributed by atoms with van der Waals surface area (Å²) in [6, 6.07) is 11.3. The number of thiophene rings is 1. The molecule has 0 atom stereocenters. The Kier molecular flexibility index (Phi) is 6.62. The molecule has 0 radical (unpaired) electrons. The van der Waals surface area contributed by atoms with Crippen LogP contribution >= 0.6 is 11.3 Å². The van der Waals surface area contributed by atoms with Gasteiger partial charge in [-0.1, -0.05) is 12.1 Å². The topological polar surface area (TPSA) is 120 Å². The number of ether oxygens (including phenoxy) is 1. The Hall–Kier alpha value is -4.25. The maximum atomic E-state index is 13.1. The molecule has 37 heavy (non-hydrogen) atoms. The molecule has 0 saturated heterocycles. The van der Waals surface area contributed by atoms with Crippen LogP contribution in [0.25, 0.3) is 21.6 Å². The molecule has 5 aromatic rings. The zero-order valence-electron chi connectivity index (χ0n) is 21.0. The van der Waals surface area contributed by atoms with Crippen LogP contribution < -0.4 is 10.1 Å². The smallest absolute Gasteiger partial charge is 0.263 e. The normalized spacial score (nSPS) is 11.2. The van der Waals surface area contributed by atoms with Crippen molar-refractivity contribution in [1.29, 1.82) is 0 Å². The van der Waals surface area contributed by atoms with Gasteiger partial charge < -0.3 is 14.4 Å². The average Bonchev–Trinajstić information content (AvgIpc) is 3.61. The number of pyridine rings is 1. The molecule has 0 saturated carbocycles. The second-order valence-electron chi connectivity index (χ2n) is 8.44. The zero-order valence-corrected chi connectivity index (χ0v) is 21.8. The summed E-state index contributed by atoms with van der Waals surface area (Å²) in [6.07, 6.45) is 2.03. The third-order valence-electron chi connectivity index (χ3n) is 6.09. The lowest BCUT2D eigenvalue weighted by atomic mass is 10.0. The molecular formula is C26H27N7O3S. The fourth-order valence-electron chi connectivity index (χ4n) is 4.32. The van der Waals surface area contributed by atoms with Gasteiger partial charge in [-0.25, -0.2) is 9.97 Å². The first kappa shape index (κ1) is 24.4. The van der Waals surface area contributed by atoms with Gasteiger partial charge in [0, 0.05) is 34.8 Å². The number of carbonyl (C=O) groups is 1. The van der Waals surface area contributed by atoms with Crippen LogP contribution in [0, 0.1) is 6.92 Å². The summed E-state index contributed by atoms with van der Waals surface area (Å²) in [5.74, 6) is 0.955. The number of nitrogens with zero attached hydrogens (tertiary/aromatic N) is 6. The van der Waals surface area contributed by atoms with Crippen LogP contribution in [-0.4, -0.2) is 47.4 Å². The summed E-state index contributed by atoms with van der Waals surface area (Å²) in [5.41, 5.74) is 3.21. The van der Waals surface area contributed by atoms with E-state index < -0.39 is 5.91 Å². The molecule has 5 rings (SSSR count). The van der Waals surface area contributed by atoms with Gasteiger partial charge in [0.05, 0.1) is 12.6 Å². The second-order valence-corrected chi connectivity index (χ2v) is 9.72. The number of amides is 1. The molecule has 4 aromatic heterocycles. The van der Waals surface area contributed by atoms with E-state index in [9.17, 15) is 9.90 Å². The summed E-state index contributed by atoms with van der Waals surface area (Å²) >= 11 is 1.64. The molecule has 11 heteroatoms. The number of hydrogen-bond donors (Lipinski definition) is 2. The largest absolute Gasteiger partial charge is 0.507 e. The number of methoxy groups -OCH3 is 1. The van der Waals surface area contributed by atoms with Gasteiger partial charge in [-0.3, -0.25) is 14.8 Å². The van der Waals surface area contributed by atoms with Crippen molar-refractivity contribution < 1.29 is 14.6 Å². The highest BCUT2D eigenvalue weighted by Gasteiger charge is 2.22. The lowest BCUT2D eigenvalue weighted by Crippen LogP contribution is -2.15. The van der Waals surface area contributed by atoms with Gasteiger partial charge in [0.1, 0.15) is 23.5 Å². The highest BCUT2D eigenvalue weighted by atomic mass is 32.1. The molecule has 1 aromatic carbocycles. The Balaban J connectivity index is 1.54. The molecule has 0 fully saturated rings. The predicted octanol–water partition coefficient (Wildman–Crippen LogP) is 4.66. The number of imidazole rings is 1. The van der Waals surface area contributed by atoms with E-state index in [1.54, 1.807) is 34.5 Å². The van der Waals surface area contributed by atoms with Crippen molar-refractivity contribution in [3.63, 3.8) is 0 Å². The lowest BCUT2D eigenvalue weighted by Gasteiger charge is -2.12. The molecule has 0 unspecified atom stereocenters. The molecule has 190 valence electrons. The number of nitrogens with one attached hydrogen (secondary N) is 1. The molecule has 2 N–H and O–H groups in total. The van der Waals surface area contributed by atoms with Gasteiger partial charge in [-0.2, -0.15) is 4.98 Å². The van der Waals surface area contributed by atoms with Crippen LogP contribution in [0.15, 0.2) is 42.7 Å². The molecule has 1 amide bonds. The van der Waals surface area contributed by atoms with E-state index >= 15 is 0 Å². The van der Waals surface area contributed by atoms with Crippen molar-refractivity contribution in [2.24, 2.45) is 0 Å². The predicted molar refractivity (Wildman–Crippen MR) is 142 cm³/mol. The van der Waals surface area contributed by atoms with Gasteiger partial charge in [-0.15, -0.1) is 16.4 Å². The number of aromatic nitrogens is 6. The number of fused-ring (bicyclic) bond motifs is 1. The first-order chi connectivity index (χ1) is 17.9. The second kappa shape index (κ2) is 10.0. The highest BCUT2D eigenvalue weighted by Crippen LogP contribution is 2.38. The summed E-state index contributed by atoms with van der Waals surface area (Å²) in [6.45, 7) is 7.26. The Morgan fingerprint density at radius 2 is 2.00 bits per heavy atom. The number of rotatable bonds is 8. The van der Waals surface area contributed by atoms with Gasteiger partial charge >= 0.3 is 0 Å². The van der Waals surface area contributed by atoms with E-state index in [0.717, 1.165) is 21.8 Å². The summed E-state index contributed by atoms with van der Waals surface area (Å²) < 4.78 is 9.08. The van der Waals surface area contributed by atoms with Crippen LogP contribution in [0.1, 0.15) is 40.5 Å². The summed E-state index contributed by atoms with van der Waals surface area (Å²) in [4.78, 5) is 28.7. The third kappa shape index (κ3) is 4.65. The fourth-order valence-corrected chi connectivity index (χ4v) is 5.27. The molecular weight excluding hydrogens is 490 g/mol. The van der Waals surface area contributed by atoms with E-state index in [4.69, 9.17) is 9.72 Å². The van der Waals surface area contributed by atoms with Crippen molar-refractivity contribution >= 4 is 34.4 Å². The van der Waals surface area contributed by atoms with Crippen molar-refractivity contribution in [1.82, 2.24) is 29.3 Å². The van der Waals surface area contributed by atoms with Crippen molar-refractivity contribution in [3.8, 4) is 22.1 Å². The van der Waals surface area contributed by atoms with Crippen LogP contribution in [0.3, 0.4) is 0 Å². The Labute approximate surface area is 217 Å². The number of phenolic OH excluding ortho intramolecular Hbond substituents is 1. The Morgan fingerprint density at radius 1 is 1.16 bits per heavy atom. The molecule has 10 nitrogen and oxygen atoms in total. The van der Waals surface area contributed by atoms with E-state index in [1.807, 2.05) is 49.6 Å². The third-order valence-corrected chi connectivity index (χ3v) is 7.11. The summed E-state index contributed by atoms with van der Waals surface area (Å²) in [5, 5.41) is 17.6. The molecule has 0 aliphatic heterocycles. The average molecular weight is 518 g/mol. The minimum absolute atomic E-state index is 0.166. The zero-order chi connectivity index (χ0) is 26.1. The van der Waals surface area contributed by atoms with Crippen LogP contribution in [0.4, 0.5) is 5.95 Å². The highest BCUT2D eigenvalue weighted by molar-refractivity contribution is 7.15. The van der Waals surface area contributed by atoms with Crippen molar-refractivity contribution in [3.05, 3.63) is 64.6 Å². The number of hydrogen-bond acceptors (Lipinski definition) is 8. The Bertz CT molecular complexity index is 1600. The number of aryl methyl sites for hydroxylation is 3. The van der Waals surface area contributed by atoms with Crippen LogP contribution in [0.2, 0.25) is 0 Å². The minimum atomic E-state index is -0.422. The summed E-state index contributed by atoms with van der Waals surface area (Å²) in [7, 11) is 1.47. The molecule has 0 aliphatic rings. The van der Waals surface area contributed by atoms with Crippen molar-refractivity contribution in [2.75, 3.05) is 12.4 Å². The van der Waals surface area contributed by atoms with Gasteiger partial charge in [0.15, 0.2) is 5.65 Å². The first-order valence-corrected chi connectivity index (χ1v) is 12.8. The maximum Gasteiger partial charge on any atom is 0.263 e. The molecule has 0 bridgehead atoms. The van der Waals surface area contributed by atoms with E-state index in [1.165, 1.54) is 12.0 Å². The number of aromatic hydroxyl groups is 1. The number of benzene rings is 1. The fraction of sp³-hybridized carbons (Fsp3) is 0.269. The van der Waals surface area contributed by atoms with Gasteiger partial charge in [0.25, 0.3) is 5.91 Å². The minimum Gasteiger partial charge on any atom is -0.507 e. The Morgan fingerprint density at radius 3 is 2.68 bits per heavy atom. The van der Waals surface area contributed by atoms with Gasteiger partial charge in [0.2, 0.25) is 11.8 Å².